The van der Waals surface area contributed by atoms with Crippen LogP contribution in [0.2, 0.25) is 5.02 Å². The second-order valence-corrected chi connectivity index (χ2v) is 6.05. The first-order valence-electron chi connectivity index (χ1n) is 7.13. The molecule has 3 rings (SSSR count). The van der Waals surface area contributed by atoms with E-state index in [1.807, 2.05) is 0 Å². The fourth-order valence-electron chi connectivity index (χ4n) is 3.12. The number of ether oxygens (including phenoxy) is 1. The lowest BCUT2D eigenvalue weighted by Crippen LogP contribution is -2.48. The van der Waals surface area contributed by atoms with E-state index in [-0.39, 0.29) is 18.6 Å². The molecule has 2 N–H and O–H groups in total. The summed E-state index contributed by atoms with van der Waals surface area (Å²) >= 11 is 5.80. The number of halogens is 1. The molecule has 2 atom stereocenters. The highest BCUT2D eigenvalue weighted by molar-refractivity contribution is 6.30. The molecule has 2 bridgehead atoms. The van der Waals surface area contributed by atoms with Crippen molar-refractivity contribution in [1.29, 1.82) is 0 Å². The number of fused-ring (bicyclic) bond motifs is 2. The Balaban J connectivity index is 1.44. The Hall–Kier alpha value is -1.26. The number of nitrogens with one attached hydrogen (secondary N) is 2. The molecular weight excluding hydrogens is 276 g/mol. The Morgan fingerprint density at radius 1 is 1.25 bits per heavy atom. The number of piperidine rings is 1. The molecule has 4 nitrogen and oxygen atoms in total. The number of rotatable bonds is 4. The van der Waals surface area contributed by atoms with E-state index in [1.165, 1.54) is 12.8 Å². The van der Waals surface area contributed by atoms with Crippen LogP contribution in [-0.4, -0.2) is 30.6 Å². The normalized spacial score (nSPS) is 28.1. The van der Waals surface area contributed by atoms with Crippen LogP contribution >= 0.6 is 11.6 Å². The van der Waals surface area contributed by atoms with E-state index in [0.29, 0.717) is 22.9 Å². The zero-order chi connectivity index (χ0) is 13.9. The van der Waals surface area contributed by atoms with Crippen molar-refractivity contribution >= 4 is 17.5 Å². The first kappa shape index (κ1) is 13.7. The number of hydrogen-bond donors (Lipinski definition) is 2. The maximum Gasteiger partial charge on any atom is 0.258 e. The summed E-state index contributed by atoms with van der Waals surface area (Å²) in [6.07, 6.45) is 4.53. The molecule has 2 saturated heterocycles. The van der Waals surface area contributed by atoms with Crippen molar-refractivity contribution in [3.63, 3.8) is 0 Å². The van der Waals surface area contributed by atoms with Crippen molar-refractivity contribution < 1.29 is 9.53 Å². The molecule has 0 aliphatic carbocycles. The van der Waals surface area contributed by atoms with Crippen molar-refractivity contribution in [2.45, 2.75) is 43.8 Å². The zero-order valence-corrected chi connectivity index (χ0v) is 12.0. The van der Waals surface area contributed by atoms with E-state index in [9.17, 15) is 4.79 Å². The van der Waals surface area contributed by atoms with E-state index < -0.39 is 0 Å². The van der Waals surface area contributed by atoms with Gasteiger partial charge in [-0.15, -0.1) is 0 Å². The summed E-state index contributed by atoms with van der Waals surface area (Å²) in [6.45, 7) is 0.0564. The van der Waals surface area contributed by atoms with Gasteiger partial charge in [0.2, 0.25) is 0 Å². The van der Waals surface area contributed by atoms with Gasteiger partial charge < -0.3 is 15.4 Å². The molecule has 0 saturated carbocycles. The van der Waals surface area contributed by atoms with Gasteiger partial charge in [0.05, 0.1) is 0 Å². The number of benzene rings is 1. The average Bonchev–Trinajstić information content (AvgIpc) is 2.77. The lowest BCUT2D eigenvalue weighted by atomic mass is 10.00. The predicted octanol–water partition coefficient (Wildman–Crippen LogP) is 2.12. The van der Waals surface area contributed by atoms with Gasteiger partial charge in [0.25, 0.3) is 5.91 Å². The molecular formula is C15H19ClN2O2. The van der Waals surface area contributed by atoms with Crippen LogP contribution in [0.3, 0.4) is 0 Å². The molecule has 108 valence electrons. The smallest absolute Gasteiger partial charge is 0.258 e. The van der Waals surface area contributed by atoms with Crippen LogP contribution < -0.4 is 15.4 Å². The van der Waals surface area contributed by atoms with Crippen molar-refractivity contribution in [1.82, 2.24) is 10.6 Å². The SMILES string of the molecule is O=C(COc1ccc(Cl)cc1)NC1CC2CCC(C1)N2. The third-order valence-electron chi connectivity index (χ3n) is 4.02. The molecule has 0 radical (unpaired) electrons. The molecule has 5 heteroatoms. The monoisotopic (exact) mass is 294 g/mol. The third-order valence-corrected chi connectivity index (χ3v) is 4.27. The molecule has 0 aromatic heterocycles. The summed E-state index contributed by atoms with van der Waals surface area (Å²) in [6, 6.07) is 8.47. The zero-order valence-electron chi connectivity index (χ0n) is 11.3. The summed E-state index contributed by atoms with van der Waals surface area (Å²) in [5.41, 5.74) is 0. The van der Waals surface area contributed by atoms with Crippen LogP contribution in [0, 0.1) is 0 Å². The van der Waals surface area contributed by atoms with Crippen LogP contribution in [-0.2, 0) is 4.79 Å². The van der Waals surface area contributed by atoms with E-state index in [0.717, 1.165) is 12.8 Å². The van der Waals surface area contributed by atoms with E-state index in [1.54, 1.807) is 24.3 Å². The molecule has 2 fully saturated rings. The molecule has 1 aromatic carbocycles. The highest BCUT2D eigenvalue weighted by Crippen LogP contribution is 2.26. The fraction of sp³-hybridized carbons (Fsp3) is 0.533. The number of amides is 1. The van der Waals surface area contributed by atoms with Gasteiger partial charge in [0.15, 0.2) is 6.61 Å². The highest BCUT2D eigenvalue weighted by atomic mass is 35.5. The maximum absolute atomic E-state index is 11.9. The molecule has 2 unspecified atom stereocenters. The number of carbonyl (C=O) groups excluding carboxylic acids is 1. The van der Waals surface area contributed by atoms with Gasteiger partial charge in [-0.2, -0.15) is 0 Å². The second kappa shape index (κ2) is 6.02. The summed E-state index contributed by atoms with van der Waals surface area (Å²) in [5, 5.41) is 7.29. The standard InChI is InChI=1S/C15H19ClN2O2/c16-10-1-5-14(6-2-10)20-9-15(19)18-13-7-11-3-4-12(8-13)17-11/h1-2,5-6,11-13,17H,3-4,7-9H2,(H,18,19). The Morgan fingerprint density at radius 3 is 2.55 bits per heavy atom. The summed E-state index contributed by atoms with van der Waals surface area (Å²) in [5.74, 6) is 0.612. The van der Waals surface area contributed by atoms with E-state index in [4.69, 9.17) is 16.3 Å². The van der Waals surface area contributed by atoms with Crippen LogP contribution in [0.1, 0.15) is 25.7 Å². The topological polar surface area (TPSA) is 50.4 Å². The van der Waals surface area contributed by atoms with Crippen molar-refractivity contribution in [3.05, 3.63) is 29.3 Å². The first-order chi connectivity index (χ1) is 9.69. The fourth-order valence-corrected chi connectivity index (χ4v) is 3.25. The predicted molar refractivity (Wildman–Crippen MR) is 78.1 cm³/mol. The second-order valence-electron chi connectivity index (χ2n) is 5.62. The summed E-state index contributed by atoms with van der Waals surface area (Å²) in [4.78, 5) is 11.9. The van der Waals surface area contributed by atoms with Crippen LogP contribution in [0.5, 0.6) is 5.75 Å². The van der Waals surface area contributed by atoms with Gasteiger partial charge in [-0.1, -0.05) is 11.6 Å². The highest BCUT2D eigenvalue weighted by Gasteiger charge is 2.33. The minimum atomic E-state index is -0.0498. The molecule has 2 heterocycles. The summed E-state index contributed by atoms with van der Waals surface area (Å²) < 4.78 is 5.45. The molecule has 20 heavy (non-hydrogen) atoms. The van der Waals surface area contributed by atoms with Gasteiger partial charge in [-0.25, -0.2) is 0 Å². The van der Waals surface area contributed by atoms with Gasteiger partial charge in [0, 0.05) is 23.1 Å². The lowest BCUT2D eigenvalue weighted by molar-refractivity contribution is -0.124. The van der Waals surface area contributed by atoms with E-state index >= 15 is 0 Å². The van der Waals surface area contributed by atoms with Gasteiger partial charge in [-0.05, 0) is 49.9 Å². The van der Waals surface area contributed by atoms with Gasteiger partial charge in [0.1, 0.15) is 5.75 Å². The minimum Gasteiger partial charge on any atom is -0.484 e. The molecule has 2 aliphatic rings. The Labute approximate surface area is 123 Å². The Bertz CT molecular complexity index is 465. The van der Waals surface area contributed by atoms with Crippen LogP contribution in [0.25, 0.3) is 0 Å². The van der Waals surface area contributed by atoms with Gasteiger partial charge >= 0.3 is 0 Å². The average molecular weight is 295 g/mol. The Kier molecular flexibility index (Phi) is 4.13. The lowest BCUT2D eigenvalue weighted by Gasteiger charge is -2.29. The molecule has 0 spiro atoms. The number of carbonyl (C=O) groups is 1. The first-order valence-corrected chi connectivity index (χ1v) is 7.50. The van der Waals surface area contributed by atoms with Crippen molar-refractivity contribution in [3.8, 4) is 5.75 Å². The molecule has 1 amide bonds. The molecule has 2 aliphatic heterocycles. The summed E-state index contributed by atoms with van der Waals surface area (Å²) in [7, 11) is 0. The number of hydrogen-bond acceptors (Lipinski definition) is 3. The van der Waals surface area contributed by atoms with E-state index in [2.05, 4.69) is 10.6 Å². The quantitative estimate of drug-likeness (QED) is 0.894. The Morgan fingerprint density at radius 2 is 1.90 bits per heavy atom. The van der Waals surface area contributed by atoms with Crippen molar-refractivity contribution in [2.75, 3.05) is 6.61 Å². The third kappa shape index (κ3) is 3.44. The van der Waals surface area contributed by atoms with Crippen LogP contribution in [0.15, 0.2) is 24.3 Å². The maximum atomic E-state index is 11.9. The molecule has 1 aromatic rings. The van der Waals surface area contributed by atoms with Gasteiger partial charge in [-0.3, -0.25) is 4.79 Å². The van der Waals surface area contributed by atoms with Crippen LogP contribution in [0.4, 0.5) is 0 Å². The largest absolute Gasteiger partial charge is 0.484 e. The minimum absolute atomic E-state index is 0.0498. The van der Waals surface area contributed by atoms with Crippen molar-refractivity contribution in [2.24, 2.45) is 0 Å².